The normalized spacial score (nSPS) is 24.6. The van der Waals surface area contributed by atoms with Crippen molar-refractivity contribution in [3.8, 4) is 5.75 Å². The van der Waals surface area contributed by atoms with Crippen LogP contribution in [0.2, 0.25) is 0 Å². The maximum Gasteiger partial charge on any atom is 0.165 e. The molecule has 2 atom stereocenters. The average molecular weight is 251 g/mol. The van der Waals surface area contributed by atoms with Gasteiger partial charge < -0.3 is 10.5 Å². The zero-order valence-corrected chi connectivity index (χ0v) is 11.0. The summed E-state index contributed by atoms with van der Waals surface area (Å²) in [6, 6.07) is 5.49. The molecule has 0 aliphatic heterocycles. The Morgan fingerprint density at radius 1 is 1.28 bits per heavy atom. The van der Waals surface area contributed by atoms with E-state index in [2.05, 4.69) is 0 Å². The molecule has 1 saturated carbocycles. The molecule has 2 nitrogen and oxygen atoms in total. The molecule has 3 heteroatoms. The lowest BCUT2D eigenvalue weighted by Crippen LogP contribution is -2.30. The summed E-state index contributed by atoms with van der Waals surface area (Å²) in [6.45, 7) is 0. The number of methoxy groups -OCH3 is 1. The minimum atomic E-state index is -0.280. The van der Waals surface area contributed by atoms with E-state index >= 15 is 0 Å². The number of hydrogen-bond donors (Lipinski definition) is 1. The second-order valence-corrected chi connectivity index (χ2v) is 5.23. The van der Waals surface area contributed by atoms with Crippen LogP contribution in [0.1, 0.15) is 37.7 Å². The maximum atomic E-state index is 13.6. The van der Waals surface area contributed by atoms with Gasteiger partial charge in [-0.25, -0.2) is 4.39 Å². The van der Waals surface area contributed by atoms with Crippen LogP contribution < -0.4 is 10.5 Å². The molecule has 1 aromatic rings. The first kappa shape index (κ1) is 13.3. The van der Waals surface area contributed by atoms with E-state index in [-0.39, 0.29) is 11.9 Å². The molecule has 0 spiro atoms. The minimum absolute atomic E-state index is 0.262. The number of nitrogens with two attached hydrogens (primary N) is 1. The van der Waals surface area contributed by atoms with Gasteiger partial charge in [-0.05, 0) is 42.9 Å². The molecular weight excluding hydrogens is 229 g/mol. The monoisotopic (exact) mass is 251 g/mol. The van der Waals surface area contributed by atoms with Gasteiger partial charge in [-0.15, -0.1) is 0 Å². The summed E-state index contributed by atoms with van der Waals surface area (Å²) in [5.41, 5.74) is 7.23. The Hall–Kier alpha value is -1.09. The van der Waals surface area contributed by atoms with Crippen molar-refractivity contribution in [1.82, 2.24) is 0 Å². The zero-order valence-electron chi connectivity index (χ0n) is 11.0. The molecule has 0 aromatic heterocycles. The van der Waals surface area contributed by atoms with Gasteiger partial charge in [-0.1, -0.05) is 25.3 Å². The van der Waals surface area contributed by atoms with Crippen molar-refractivity contribution >= 4 is 0 Å². The van der Waals surface area contributed by atoms with Crippen molar-refractivity contribution in [2.45, 2.75) is 44.6 Å². The summed E-state index contributed by atoms with van der Waals surface area (Å²) < 4.78 is 18.6. The van der Waals surface area contributed by atoms with Crippen molar-refractivity contribution in [2.75, 3.05) is 7.11 Å². The number of halogens is 1. The van der Waals surface area contributed by atoms with Gasteiger partial charge in [-0.3, -0.25) is 0 Å². The summed E-state index contributed by atoms with van der Waals surface area (Å²) >= 11 is 0. The number of ether oxygens (including phenoxy) is 1. The highest BCUT2D eigenvalue weighted by Crippen LogP contribution is 2.27. The zero-order chi connectivity index (χ0) is 13.0. The van der Waals surface area contributed by atoms with Crippen molar-refractivity contribution in [3.05, 3.63) is 29.6 Å². The topological polar surface area (TPSA) is 35.2 Å². The predicted octanol–water partition coefficient (Wildman–Crippen LogP) is 3.28. The molecule has 100 valence electrons. The molecule has 1 aliphatic carbocycles. The van der Waals surface area contributed by atoms with Crippen LogP contribution in [0.5, 0.6) is 5.75 Å². The molecule has 2 N–H and O–H groups in total. The molecule has 0 heterocycles. The summed E-state index contributed by atoms with van der Waals surface area (Å²) in [5.74, 6) is 0.515. The van der Waals surface area contributed by atoms with E-state index in [0.29, 0.717) is 11.7 Å². The third-order valence-corrected chi connectivity index (χ3v) is 3.93. The van der Waals surface area contributed by atoms with Gasteiger partial charge in [-0.2, -0.15) is 0 Å². The Morgan fingerprint density at radius 2 is 2.06 bits per heavy atom. The second-order valence-electron chi connectivity index (χ2n) is 5.23. The fraction of sp³-hybridized carbons (Fsp3) is 0.600. The summed E-state index contributed by atoms with van der Waals surface area (Å²) in [5, 5.41) is 0. The van der Waals surface area contributed by atoms with Crippen LogP contribution in [0.25, 0.3) is 0 Å². The lowest BCUT2D eigenvalue weighted by Gasteiger charge is -2.21. The number of benzene rings is 1. The molecule has 0 amide bonds. The summed E-state index contributed by atoms with van der Waals surface area (Å²) in [4.78, 5) is 0. The van der Waals surface area contributed by atoms with E-state index in [9.17, 15) is 4.39 Å². The van der Waals surface area contributed by atoms with Gasteiger partial charge in [0.25, 0.3) is 0 Å². The molecule has 2 unspecified atom stereocenters. The lowest BCUT2D eigenvalue weighted by molar-refractivity contribution is 0.381. The Bertz CT molecular complexity index is 394. The van der Waals surface area contributed by atoms with Crippen molar-refractivity contribution in [1.29, 1.82) is 0 Å². The van der Waals surface area contributed by atoms with Gasteiger partial charge >= 0.3 is 0 Å². The first-order valence-electron chi connectivity index (χ1n) is 6.78. The Labute approximate surface area is 108 Å². The van der Waals surface area contributed by atoms with Crippen molar-refractivity contribution in [3.63, 3.8) is 0 Å². The molecule has 0 radical (unpaired) electrons. The van der Waals surface area contributed by atoms with Crippen molar-refractivity contribution < 1.29 is 9.13 Å². The number of hydrogen-bond acceptors (Lipinski definition) is 2. The molecule has 0 bridgehead atoms. The molecule has 2 rings (SSSR count). The largest absolute Gasteiger partial charge is 0.494 e. The van der Waals surface area contributed by atoms with Gasteiger partial charge in [0.1, 0.15) is 0 Å². The van der Waals surface area contributed by atoms with Crippen LogP contribution in [-0.2, 0) is 6.42 Å². The highest BCUT2D eigenvalue weighted by Gasteiger charge is 2.21. The van der Waals surface area contributed by atoms with Crippen LogP contribution >= 0.6 is 0 Å². The molecular formula is C15H22FNO. The fourth-order valence-electron chi connectivity index (χ4n) is 2.81. The number of rotatable bonds is 3. The van der Waals surface area contributed by atoms with Gasteiger partial charge in [0.05, 0.1) is 7.11 Å². The van der Waals surface area contributed by atoms with E-state index in [1.807, 2.05) is 6.07 Å². The van der Waals surface area contributed by atoms with E-state index in [1.54, 1.807) is 12.1 Å². The van der Waals surface area contributed by atoms with E-state index in [1.165, 1.54) is 26.4 Å². The molecule has 0 saturated heterocycles. The quantitative estimate of drug-likeness (QED) is 0.837. The standard InChI is InChI=1S/C15H22FNO/c1-18-15-8-7-11(10-13(15)16)9-12-5-3-2-4-6-14(12)17/h7-8,10,12,14H,2-6,9,17H2,1H3. The predicted molar refractivity (Wildman–Crippen MR) is 71.2 cm³/mol. The Balaban J connectivity index is 2.05. The summed E-state index contributed by atoms with van der Waals surface area (Å²) in [6.07, 6.45) is 6.90. The van der Waals surface area contributed by atoms with Crippen LogP contribution in [0.15, 0.2) is 18.2 Å². The third-order valence-electron chi connectivity index (χ3n) is 3.93. The molecule has 1 aromatic carbocycles. The van der Waals surface area contributed by atoms with Crippen LogP contribution in [0.3, 0.4) is 0 Å². The van der Waals surface area contributed by atoms with E-state index in [4.69, 9.17) is 10.5 Å². The van der Waals surface area contributed by atoms with Crippen LogP contribution in [0, 0.1) is 11.7 Å². The Morgan fingerprint density at radius 3 is 2.78 bits per heavy atom. The second kappa shape index (κ2) is 6.19. The molecule has 18 heavy (non-hydrogen) atoms. The maximum absolute atomic E-state index is 13.6. The first-order valence-corrected chi connectivity index (χ1v) is 6.78. The average Bonchev–Trinajstić information content (AvgIpc) is 2.55. The Kier molecular flexibility index (Phi) is 4.59. The van der Waals surface area contributed by atoms with Crippen LogP contribution in [0.4, 0.5) is 4.39 Å². The lowest BCUT2D eigenvalue weighted by atomic mass is 9.89. The van der Waals surface area contributed by atoms with Gasteiger partial charge in [0, 0.05) is 6.04 Å². The van der Waals surface area contributed by atoms with Crippen molar-refractivity contribution in [2.24, 2.45) is 11.7 Å². The minimum Gasteiger partial charge on any atom is -0.494 e. The smallest absolute Gasteiger partial charge is 0.165 e. The highest BCUT2D eigenvalue weighted by molar-refractivity contribution is 5.29. The van der Waals surface area contributed by atoms with Gasteiger partial charge in [0.15, 0.2) is 11.6 Å². The molecule has 1 aliphatic rings. The summed E-state index contributed by atoms with van der Waals surface area (Å²) in [7, 11) is 1.49. The van der Waals surface area contributed by atoms with Gasteiger partial charge in [0.2, 0.25) is 0 Å². The molecule has 1 fully saturated rings. The first-order chi connectivity index (χ1) is 8.70. The fourth-order valence-corrected chi connectivity index (χ4v) is 2.81. The van der Waals surface area contributed by atoms with Crippen LogP contribution in [-0.4, -0.2) is 13.2 Å². The van der Waals surface area contributed by atoms with E-state index in [0.717, 1.165) is 24.8 Å². The SMILES string of the molecule is COc1ccc(CC2CCCCCC2N)cc1F. The highest BCUT2D eigenvalue weighted by atomic mass is 19.1. The van der Waals surface area contributed by atoms with E-state index < -0.39 is 0 Å². The third kappa shape index (κ3) is 3.22.